The molecular formula is C16H15N2Na2O3PS. The van der Waals surface area contributed by atoms with Gasteiger partial charge in [-0.25, -0.2) is 4.98 Å². The van der Waals surface area contributed by atoms with Crippen LogP contribution in [0.1, 0.15) is 34.4 Å². The summed E-state index contributed by atoms with van der Waals surface area (Å²) >= 11 is 1.33. The molecular weight excluding hydrogens is 377 g/mol. The van der Waals surface area contributed by atoms with Gasteiger partial charge in [-0.3, -0.25) is 13.2 Å². The zero-order valence-electron chi connectivity index (χ0n) is 14.6. The van der Waals surface area contributed by atoms with Gasteiger partial charge in [-0.1, -0.05) is 31.5 Å². The molecule has 0 saturated heterocycles. The van der Waals surface area contributed by atoms with Crippen molar-refractivity contribution in [1.29, 1.82) is 0 Å². The zero-order valence-corrected chi connectivity index (χ0v) is 20.3. The molecule has 25 heavy (non-hydrogen) atoms. The molecule has 120 valence electrons. The summed E-state index contributed by atoms with van der Waals surface area (Å²) in [5.74, 6) is -0.159. The van der Waals surface area contributed by atoms with Crippen LogP contribution in [0.2, 0.25) is 0 Å². The molecule has 9 heteroatoms. The van der Waals surface area contributed by atoms with Gasteiger partial charge >= 0.3 is 59.1 Å². The fourth-order valence-electron chi connectivity index (χ4n) is 2.57. The standard InChI is InChI=1S/C16H15N2O3PS.2Na/c1-2-5-11-9-23-16(17-11)15(19)13-8-18(10-22(20)21)14-7-4-3-6-12(13)14;;/h3-4,6-9H,2,5,10H2,1H3;;/q-2;2*+1. The van der Waals surface area contributed by atoms with Gasteiger partial charge in [0.15, 0.2) is 5.01 Å². The fourth-order valence-corrected chi connectivity index (χ4v) is 3.85. The van der Waals surface area contributed by atoms with Gasteiger partial charge in [0.2, 0.25) is 5.78 Å². The predicted molar refractivity (Wildman–Crippen MR) is 88.4 cm³/mol. The van der Waals surface area contributed by atoms with Crippen molar-refractivity contribution in [2.24, 2.45) is 0 Å². The summed E-state index contributed by atoms with van der Waals surface area (Å²) in [6.45, 7) is 2.07. The normalized spacial score (nSPS) is 10.6. The monoisotopic (exact) mass is 392 g/mol. The van der Waals surface area contributed by atoms with Crippen LogP contribution in [-0.4, -0.2) is 15.3 Å². The number of carbonyl (C=O) groups excluding carboxylic acids is 1. The molecule has 0 aliphatic heterocycles. The Bertz CT molecular complexity index is 851. The van der Waals surface area contributed by atoms with Crippen LogP contribution in [0.4, 0.5) is 0 Å². The number of aromatic nitrogens is 2. The number of thiazole rings is 1. The predicted octanol–water partition coefficient (Wildman–Crippen LogP) is -3.72. The van der Waals surface area contributed by atoms with Crippen molar-refractivity contribution in [1.82, 2.24) is 9.55 Å². The molecule has 2 aromatic heterocycles. The van der Waals surface area contributed by atoms with Gasteiger partial charge in [-0.15, -0.1) is 11.3 Å². The molecule has 0 N–H and O–H groups in total. The maximum absolute atomic E-state index is 12.8. The molecule has 3 rings (SSSR count). The molecule has 0 amide bonds. The molecule has 0 aliphatic carbocycles. The van der Waals surface area contributed by atoms with E-state index in [0.717, 1.165) is 29.4 Å². The van der Waals surface area contributed by atoms with Gasteiger partial charge in [-0.05, 0) is 12.5 Å². The second-order valence-corrected chi connectivity index (χ2v) is 7.03. The van der Waals surface area contributed by atoms with E-state index in [1.54, 1.807) is 10.8 Å². The van der Waals surface area contributed by atoms with Crippen LogP contribution in [0.3, 0.4) is 0 Å². The van der Waals surface area contributed by atoms with Crippen molar-refractivity contribution < 1.29 is 73.7 Å². The number of ketones is 1. The first-order valence-electron chi connectivity index (χ1n) is 7.29. The molecule has 1 aromatic carbocycles. The third-order valence-corrected chi connectivity index (χ3v) is 4.98. The van der Waals surface area contributed by atoms with Crippen molar-refractivity contribution in [2.75, 3.05) is 0 Å². The first kappa shape index (κ1) is 23.4. The van der Waals surface area contributed by atoms with E-state index in [1.807, 2.05) is 29.6 Å². The number of benzene rings is 1. The molecule has 2 heterocycles. The van der Waals surface area contributed by atoms with Crippen molar-refractivity contribution in [3.63, 3.8) is 0 Å². The average Bonchev–Trinajstić information content (AvgIpc) is 3.12. The fraction of sp³-hybridized carbons (Fsp3) is 0.250. The second kappa shape index (κ2) is 10.7. The van der Waals surface area contributed by atoms with Crippen LogP contribution >= 0.6 is 19.7 Å². The van der Waals surface area contributed by atoms with Crippen molar-refractivity contribution in [2.45, 2.75) is 26.1 Å². The van der Waals surface area contributed by atoms with Gasteiger partial charge in [0.1, 0.15) is 0 Å². The van der Waals surface area contributed by atoms with Crippen molar-refractivity contribution in [3.8, 4) is 0 Å². The minimum Gasteiger partial charge on any atom is -0.840 e. The second-order valence-electron chi connectivity index (χ2n) is 5.23. The minimum absolute atomic E-state index is 0. The summed E-state index contributed by atoms with van der Waals surface area (Å²) in [5, 5.41) is 3.11. The smallest absolute Gasteiger partial charge is 0.840 e. The Hall–Kier alpha value is 0.410. The molecule has 0 saturated carbocycles. The summed E-state index contributed by atoms with van der Waals surface area (Å²) in [4.78, 5) is 39.3. The third kappa shape index (κ3) is 5.45. The number of nitrogens with zero attached hydrogens (tertiary/aromatic N) is 2. The van der Waals surface area contributed by atoms with Crippen molar-refractivity contribution in [3.05, 3.63) is 52.1 Å². The summed E-state index contributed by atoms with van der Waals surface area (Å²) in [5.41, 5.74) is 2.16. The molecule has 0 aliphatic rings. The van der Waals surface area contributed by atoms with E-state index in [9.17, 15) is 14.6 Å². The van der Waals surface area contributed by atoms with Crippen LogP contribution in [0, 0.1) is 0 Å². The summed E-state index contributed by atoms with van der Waals surface area (Å²) in [6, 6.07) is 7.31. The molecule has 3 aromatic rings. The third-order valence-electron chi connectivity index (χ3n) is 3.55. The van der Waals surface area contributed by atoms with Crippen LogP contribution in [0.15, 0.2) is 35.8 Å². The van der Waals surface area contributed by atoms with Gasteiger partial charge in [0.05, 0.1) is 11.3 Å². The SMILES string of the molecule is CCCc1csc(C(=O)c2cn(CP([O-])[O-])c3ccccc23)n1.[Na+].[Na+]. The summed E-state index contributed by atoms with van der Waals surface area (Å²) in [7, 11) is -2.57. The van der Waals surface area contributed by atoms with Gasteiger partial charge in [-0.2, -0.15) is 0 Å². The van der Waals surface area contributed by atoms with E-state index in [-0.39, 0.29) is 71.2 Å². The van der Waals surface area contributed by atoms with E-state index >= 15 is 0 Å². The Balaban J connectivity index is 0.00000156. The topological polar surface area (TPSA) is 81.0 Å². The van der Waals surface area contributed by atoms with E-state index in [0.29, 0.717) is 10.6 Å². The van der Waals surface area contributed by atoms with Gasteiger partial charge < -0.3 is 14.4 Å². The van der Waals surface area contributed by atoms with E-state index in [1.165, 1.54) is 11.3 Å². The van der Waals surface area contributed by atoms with Crippen LogP contribution in [0.25, 0.3) is 10.9 Å². The zero-order chi connectivity index (χ0) is 16.4. The van der Waals surface area contributed by atoms with Gasteiger partial charge in [0, 0.05) is 28.8 Å². The largest absolute Gasteiger partial charge is 1.00 e. The Kier molecular flexibility index (Phi) is 10.0. The molecule has 0 bridgehead atoms. The molecule has 5 nitrogen and oxygen atoms in total. The molecule has 0 atom stereocenters. The molecule has 0 spiro atoms. The first-order chi connectivity index (χ1) is 11.1. The maximum atomic E-state index is 12.8. The first-order valence-corrected chi connectivity index (χ1v) is 9.53. The van der Waals surface area contributed by atoms with E-state index in [4.69, 9.17) is 0 Å². The van der Waals surface area contributed by atoms with E-state index < -0.39 is 8.38 Å². The van der Waals surface area contributed by atoms with Gasteiger partial charge in [0.25, 0.3) is 0 Å². The Morgan fingerprint density at radius 3 is 2.68 bits per heavy atom. The Morgan fingerprint density at radius 1 is 1.28 bits per heavy atom. The molecule has 0 fully saturated rings. The number of hydrogen-bond donors (Lipinski definition) is 0. The quantitative estimate of drug-likeness (QED) is 0.246. The number of aryl methyl sites for hydroxylation is 1. The van der Waals surface area contributed by atoms with Crippen LogP contribution < -0.4 is 68.9 Å². The number of fused-ring (bicyclic) bond motifs is 1. The summed E-state index contributed by atoms with van der Waals surface area (Å²) < 4.78 is 1.59. The average molecular weight is 392 g/mol. The number of hydrogen-bond acceptors (Lipinski definition) is 5. The molecule has 0 radical (unpaired) electrons. The van der Waals surface area contributed by atoms with Crippen LogP contribution in [-0.2, 0) is 12.7 Å². The Morgan fingerprint density at radius 2 is 2.00 bits per heavy atom. The number of carbonyl (C=O) groups is 1. The maximum Gasteiger partial charge on any atom is 1.00 e. The van der Waals surface area contributed by atoms with Crippen LogP contribution in [0.5, 0.6) is 0 Å². The number of rotatable bonds is 6. The molecule has 0 unspecified atom stereocenters. The number of para-hydroxylation sites is 1. The van der Waals surface area contributed by atoms with E-state index in [2.05, 4.69) is 11.9 Å². The Labute approximate surface area is 196 Å². The van der Waals surface area contributed by atoms with Crippen molar-refractivity contribution >= 4 is 36.4 Å². The minimum atomic E-state index is -2.57. The summed E-state index contributed by atoms with van der Waals surface area (Å²) in [6.07, 6.45) is 3.30.